The fourth-order valence-electron chi connectivity index (χ4n) is 3.59. The fraction of sp³-hybridized carbons (Fsp3) is 0.333. The number of aliphatic hydroxyl groups excluding tert-OH is 1. The first-order valence-corrected chi connectivity index (χ1v) is 11.5. The molecule has 1 aromatic heterocycles. The molecular weight excluding hydrogens is 492 g/mol. The van der Waals surface area contributed by atoms with Crippen LogP contribution in [-0.2, 0) is 4.74 Å². The van der Waals surface area contributed by atoms with E-state index in [1.807, 2.05) is 62.6 Å². The van der Waals surface area contributed by atoms with E-state index in [9.17, 15) is 10.4 Å². The third kappa shape index (κ3) is 5.16. The van der Waals surface area contributed by atoms with Crippen LogP contribution in [0.25, 0.3) is 0 Å². The standard InChI is InChI=1S/C24H26BrClN4O2/c1-5-32-23(31)21-22(30(14(2)3)24(25)29-21)20(17-9-7-16(13-27)8-10-17)28-19-12-18(26)11-6-15(19)4/h6-12,14,20,23,28,31H,5H2,1-4H3. The van der Waals surface area contributed by atoms with Gasteiger partial charge in [0.05, 0.1) is 23.4 Å². The molecule has 168 valence electrons. The molecule has 3 aromatic rings. The molecule has 2 atom stereocenters. The van der Waals surface area contributed by atoms with Crippen LogP contribution >= 0.6 is 27.5 Å². The molecule has 0 saturated heterocycles. The highest BCUT2D eigenvalue weighted by Gasteiger charge is 2.30. The Morgan fingerprint density at radius 2 is 1.94 bits per heavy atom. The largest absolute Gasteiger partial charge is 0.373 e. The van der Waals surface area contributed by atoms with E-state index >= 15 is 0 Å². The van der Waals surface area contributed by atoms with Gasteiger partial charge in [-0.05, 0) is 79.0 Å². The van der Waals surface area contributed by atoms with Crippen LogP contribution in [-0.4, -0.2) is 21.3 Å². The maximum absolute atomic E-state index is 10.8. The lowest BCUT2D eigenvalue weighted by Gasteiger charge is -2.27. The van der Waals surface area contributed by atoms with Gasteiger partial charge < -0.3 is 19.7 Å². The zero-order valence-corrected chi connectivity index (χ0v) is 20.8. The minimum atomic E-state index is -1.19. The summed E-state index contributed by atoms with van der Waals surface area (Å²) in [5.74, 6) is 0. The van der Waals surface area contributed by atoms with Crippen LogP contribution in [0.5, 0.6) is 0 Å². The Hall–Kier alpha value is -2.37. The number of nitrogens with zero attached hydrogens (tertiary/aromatic N) is 3. The number of aromatic nitrogens is 2. The Morgan fingerprint density at radius 1 is 1.25 bits per heavy atom. The van der Waals surface area contributed by atoms with Gasteiger partial charge in [0.25, 0.3) is 0 Å². The number of rotatable bonds is 8. The summed E-state index contributed by atoms with van der Waals surface area (Å²) in [5.41, 5.74) is 4.54. The number of hydrogen-bond acceptors (Lipinski definition) is 5. The molecule has 0 spiro atoms. The highest BCUT2D eigenvalue weighted by molar-refractivity contribution is 9.10. The summed E-state index contributed by atoms with van der Waals surface area (Å²) in [5, 5.41) is 24.2. The number of benzene rings is 2. The highest BCUT2D eigenvalue weighted by atomic mass is 79.9. The first-order chi connectivity index (χ1) is 15.3. The van der Waals surface area contributed by atoms with E-state index < -0.39 is 12.3 Å². The number of ether oxygens (including phenoxy) is 1. The lowest BCUT2D eigenvalue weighted by molar-refractivity contribution is -0.101. The van der Waals surface area contributed by atoms with Gasteiger partial charge in [-0.2, -0.15) is 5.26 Å². The van der Waals surface area contributed by atoms with E-state index in [4.69, 9.17) is 16.3 Å². The van der Waals surface area contributed by atoms with Gasteiger partial charge in [-0.25, -0.2) is 4.98 Å². The fourth-order valence-corrected chi connectivity index (χ4v) is 4.56. The molecule has 0 aliphatic heterocycles. The normalized spacial score (nSPS) is 13.1. The quantitative estimate of drug-likeness (QED) is 0.343. The molecule has 0 amide bonds. The number of halogens is 2. The van der Waals surface area contributed by atoms with Gasteiger partial charge >= 0.3 is 0 Å². The van der Waals surface area contributed by atoms with E-state index in [2.05, 4.69) is 32.3 Å². The first kappa shape index (κ1) is 24.3. The molecule has 8 heteroatoms. The molecule has 2 N–H and O–H groups in total. The average molecular weight is 518 g/mol. The van der Waals surface area contributed by atoms with Crippen LogP contribution in [0, 0.1) is 18.3 Å². The third-order valence-corrected chi connectivity index (χ3v) is 5.95. The molecule has 0 aliphatic carbocycles. The predicted octanol–water partition coefficient (Wildman–Crippen LogP) is 6.29. The maximum atomic E-state index is 10.8. The van der Waals surface area contributed by atoms with E-state index in [1.165, 1.54) is 0 Å². The Kier molecular flexibility index (Phi) is 7.96. The number of nitrogens with one attached hydrogen (secondary N) is 1. The Balaban J connectivity index is 2.24. The van der Waals surface area contributed by atoms with Gasteiger partial charge in [0.2, 0.25) is 6.29 Å². The van der Waals surface area contributed by atoms with Crippen molar-refractivity contribution >= 4 is 33.2 Å². The van der Waals surface area contributed by atoms with Gasteiger partial charge in [0.15, 0.2) is 4.73 Å². The monoisotopic (exact) mass is 516 g/mol. The number of nitriles is 1. The summed E-state index contributed by atoms with van der Waals surface area (Å²) in [6.45, 7) is 8.26. The number of aryl methyl sites for hydroxylation is 1. The van der Waals surface area contributed by atoms with Crippen molar-refractivity contribution in [1.82, 2.24) is 9.55 Å². The van der Waals surface area contributed by atoms with Gasteiger partial charge in [-0.3, -0.25) is 0 Å². The lowest BCUT2D eigenvalue weighted by atomic mass is 9.99. The Labute approximate surface area is 201 Å². The lowest BCUT2D eigenvalue weighted by Crippen LogP contribution is -2.21. The molecule has 32 heavy (non-hydrogen) atoms. The minimum Gasteiger partial charge on any atom is -0.373 e. The van der Waals surface area contributed by atoms with E-state index in [-0.39, 0.29) is 6.04 Å². The minimum absolute atomic E-state index is 0.0533. The van der Waals surface area contributed by atoms with Crippen LogP contribution in [0.1, 0.15) is 67.2 Å². The second kappa shape index (κ2) is 10.5. The molecule has 0 fully saturated rings. The number of hydrogen-bond donors (Lipinski definition) is 2. The van der Waals surface area contributed by atoms with E-state index in [1.54, 1.807) is 12.1 Å². The number of anilines is 1. The van der Waals surface area contributed by atoms with Gasteiger partial charge in [0, 0.05) is 23.4 Å². The number of aliphatic hydroxyl groups is 1. The summed E-state index contributed by atoms with van der Waals surface area (Å²) < 4.78 is 8.12. The van der Waals surface area contributed by atoms with Crippen molar-refractivity contribution in [1.29, 1.82) is 5.26 Å². The van der Waals surface area contributed by atoms with Crippen molar-refractivity contribution < 1.29 is 9.84 Å². The molecule has 0 radical (unpaired) electrons. The van der Waals surface area contributed by atoms with Gasteiger partial charge in [-0.1, -0.05) is 29.8 Å². The molecular formula is C24H26BrClN4O2. The van der Waals surface area contributed by atoms with Crippen molar-refractivity contribution in [3.63, 3.8) is 0 Å². The van der Waals surface area contributed by atoms with Crippen LogP contribution in [0.3, 0.4) is 0 Å². The molecule has 2 aromatic carbocycles. The van der Waals surface area contributed by atoms with Crippen molar-refractivity contribution in [2.45, 2.75) is 46.1 Å². The summed E-state index contributed by atoms with van der Waals surface area (Å²) in [7, 11) is 0. The van der Waals surface area contributed by atoms with Crippen molar-refractivity contribution in [3.8, 4) is 6.07 Å². The van der Waals surface area contributed by atoms with Gasteiger partial charge in [-0.15, -0.1) is 0 Å². The predicted molar refractivity (Wildman–Crippen MR) is 130 cm³/mol. The van der Waals surface area contributed by atoms with E-state index in [0.29, 0.717) is 27.6 Å². The second-order valence-electron chi connectivity index (χ2n) is 7.69. The average Bonchev–Trinajstić information content (AvgIpc) is 3.11. The van der Waals surface area contributed by atoms with Crippen LogP contribution in [0.15, 0.2) is 47.2 Å². The molecule has 0 bridgehead atoms. The van der Waals surface area contributed by atoms with E-state index in [0.717, 1.165) is 22.5 Å². The van der Waals surface area contributed by atoms with Crippen molar-refractivity contribution in [3.05, 3.63) is 80.3 Å². The van der Waals surface area contributed by atoms with Crippen LogP contribution in [0.2, 0.25) is 5.02 Å². The number of imidazole rings is 1. The van der Waals surface area contributed by atoms with Crippen LogP contribution < -0.4 is 5.32 Å². The molecule has 0 aliphatic rings. The zero-order valence-electron chi connectivity index (χ0n) is 18.4. The third-order valence-electron chi connectivity index (χ3n) is 5.15. The molecule has 0 saturated carbocycles. The molecule has 3 rings (SSSR count). The summed E-state index contributed by atoms with van der Waals surface area (Å²) >= 11 is 9.84. The smallest absolute Gasteiger partial charge is 0.200 e. The first-order valence-electron chi connectivity index (χ1n) is 10.4. The molecule has 6 nitrogen and oxygen atoms in total. The second-order valence-corrected chi connectivity index (χ2v) is 8.84. The summed E-state index contributed by atoms with van der Waals surface area (Å²) in [6.07, 6.45) is -1.19. The van der Waals surface area contributed by atoms with Crippen molar-refractivity contribution in [2.24, 2.45) is 0 Å². The Morgan fingerprint density at radius 3 is 2.53 bits per heavy atom. The topological polar surface area (TPSA) is 83.1 Å². The maximum Gasteiger partial charge on any atom is 0.200 e. The molecule has 2 unspecified atom stereocenters. The Bertz CT molecular complexity index is 1120. The highest BCUT2D eigenvalue weighted by Crippen LogP contribution is 2.37. The zero-order chi connectivity index (χ0) is 23.4. The SMILES string of the molecule is CCOC(O)c1nc(Br)n(C(C)C)c1C(Nc1cc(Cl)ccc1C)c1ccc(C#N)cc1. The van der Waals surface area contributed by atoms with Crippen molar-refractivity contribution in [2.75, 3.05) is 11.9 Å². The molecule has 1 heterocycles. The van der Waals surface area contributed by atoms with Crippen LogP contribution in [0.4, 0.5) is 5.69 Å². The summed E-state index contributed by atoms with van der Waals surface area (Å²) in [4.78, 5) is 4.60. The van der Waals surface area contributed by atoms with Gasteiger partial charge in [0.1, 0.15) is 5.69 Å². The summed E-state index contributed by atoms with van der Waals surface area (Å²) in [6, 6.07) is 14.8.